The zero-order valence-corrected chi connectivity index (χ0v) is 17.4. The summed E-state index contributed by atoms with van der Waals surface area (Å²) >= 11 is 8.34. The minimum absolute atomic E-state index is 0.0938. The Balaban J connectivity index is 2.27. The Morgan fingerprint density at radius 1 is 1.30 bits per heavy atom. The number of nitrogens with one attached hydrogen (secondary N) is 2. The molecule has 0 bridgehead atoms. The molecule has 27 heavy (non-hydrogen) atoms. The minimum atomic E-state index is -0.790. The standard InChI is InChI=1S/C19H16ClIN2O4/c1-9(24)13-16(10-6-4-3-5-7-10)22-19(26)23-17(13)11-8-12(27-2)18(25)15(21)14(11)20/h3-8,17,25H,1-2H3,(H2,22,23,26). The number of amides is 2. The maximum Gasteiger partial charge on any atom is 0.320 e. The SMILES string of the molecule is COc1cc(C2NC(=O)NC(c3ccccc3)=C2C(C)=O)c(Cl)c(I)c1O. The maximum absolute atomic E-state index is 12.5. The van der Waals surface area contributed by atoms with Crippen LogP contribution in [-0.4, -0.2) is 24.0 Å². The molecule has 1 aliphatic heterocycles. The van der Waals surface area contributed by atoms with Crippen molar-refractivity contribution in [2.24, 2.45) is 0 Å². The number of hydrogen-bond donors (Lipinski definition) is 3. The monoisotopic (exact) mass is 498 g/mol. The lowest BCUT2D eigenvalue weighted by molar-refractivity contribution is -0.113. The van der Waals surface area contributed by atoms with E-state index in [1.165, 1.54) is 20.1 Å². The summed E-state index contributed by atoms with van der Waals surface area (Å²) in [7, 11) is 1.42. The molecule has 3 N–H and O–H groups in total. The summed E-state index contributed by atoms with van der Waals surface area (Å²) in [5, 5.41) is 15.9. The van der Waals surface area contributed by atoms with Crippen molar-refractivity contribution in [3.8, 4) is 11.5 Å². The molecule has 1 unspecified atom stereocenters. The van der Waals surface area contributed by atoms with Gasteiger partial charge in [-0.2, -0.15) is 0 Å². The van der Waals surface area contributed by atoms with Gasteiger partial charge >= 0.3 is 6.03 Å². The van der Waals surface area contributed by atoms with E-state index < -0.39 is 12.1 Å². The highest BCUT2D eigenvalue weighted by Gasteiger charge is 2.34. The van der Waals surface area contributed by atoms with Gasteiger partial charge in [0, 0.05) is 11.1 Å². The molecule has 0 spiro atoms. The number of halogens is 2. The lowest BCUT2D eigenvalue weighted by atomic mass is 9.90. The zero-order valence-electron chi connectivity index (χ0n) is 14.5. The minimum Gasteiger partial charge on any atom is -0.503 e. The van der Waals surface area contributed by atoms with Crippen LogP contribution >= 0.6 is 34.2 Å². The normalized spacial score (nSPS) is 16.6. The van der Waals surface area contributed by atoms with E-state index in [0.29, 0.717) is 26.0 Å². The Labute approximate surface area is 174 Å². The number of phenols is 1. The number of ketones is 1. The first kappa shape index (κ1) is 19.5. The molecule has 3 rings (SSSR count). The van der Waals surface area contributed by atoms with Gasteiger partial charge in [0.1, 0.15) is 0 Å². The molecule has 1 aliphatic rings. The Bertz CT molecular complexity index is 960. The molecule has 8 heteroatoms. The quantitative estimate of drug-likeness (QED) is 0.556. The highest BCUT2D eigenvalue weighted by Crippen LogP contribution is 2.43. The third kappa shape index (κ3) is 3.61. The van der Waals surface area contributed by atoms with Gasteiger partial charge in [0.15, 0.2) is 17.3 Å². The fraction of sp³-hybridized carbons (Fsp3) is 0.158. The first-order valence-electron chi connectivity index (χ1n) is 7.98. The van der Waals surface area contributed by atoms with E-state index in [9.17, 15) is 14.7 Å². The van der Waals surface area contributed by atoms with Crippen molar-refractivity contribution in [1.82, 2.24) is 10.6 Å². The highest BCUT2D eigenvalue weighted by molar-refractivity contribution is 14.1. The molecule has 2 aromatic rings. The summed E-state index contributed by atoms with van der Waals surface area (Å²) < 4.78 is 5.58. The van der Waals surface area contributed by atoms with Crippen molar-refractivity contribution in [3.05, 3.63) is 61.7 Å². The number of carbonyl (C=O) groups excluding carboxylic acids is 2. The first-order chi connectivity index (χ1) is 12.8. The van der Waals surface area contributed by atoms with Gasteiger partial charge in [0.2, 0.25) is 0 Å². The molecular weight excluding hydrogens is 483 g/mol. The van der Waals surface area contributed by atoms with Crippen molar-refractivity contribution in [3.63, 3.8) is 0 Å². The zero-order chi connectivity index (χ0) is 19.7. The smallest absolute Gasteiger partial charge is 0.320 e. The van der Waals surface area contributed by atoms with E-state index in [1.54, 1.807) is 0 Å². The number of urea groups is 1. The molecular formula is C19H16ClIN2O4. The molecule has 1 heterocycles. The van der Waals surface area contributed by atoms with E-state index in [4.69, 9.17) is 16.3 Å². The van der Waals surface area contributed by atoms with Gasteiger partial charge in [-0.1, -0.05) is 41.9 Å². The van der Waals surface area contributed by atoms with Crippen LogP contribution in [0.2, 0.25) is 5.02 Å². The number of ether oxygens (including phenoxy) is 1. The van der Waals surface area contributed by atoms with Crippen molar-refractivity contribution in [2.45, 2.75) is 13.0 Å². The molecule has 0 fully saturated rings. The van der Waals surface area contributed by atoms with Crippen LogP contribution in [0, 0.1) is 3.57 Å². The summed E-state index contributed by atoms with van der Waals surface area (Å²) in [6, 6.07) is 9.40. The van der Waals surface area contributed by atoms with Gasteiger partial charge in [-0.3, -0.25) is 4.79 Å². The average molecular weight is 499 g/mol. The Kier molecular flexibility index (Phi) is 5.61. The van der Waals surface area contributed by atoms with Gasteiger partial charge < -0.3 is 20.5 Å². The second-order valence-corrected chi connectivity index (χ2v) is 7.34. The predicted molar refractivity (Wildman–Crippen MR) is 111 cm³/mol. The summed E-state index contributed by atoms with van der Waals surface area (Å²) in [4.78, 5) is 24.8. The van der Waals surface area contributed by atoms with E-state index in [0.717, 1.165) is 0 Å². The number of methoxy groups -OCH3 is 1. The van der Waals surface area contributed by atoms with Crippen LogP contribution in [0.1, 0.15) is 24.1 Å². The van der Waals surface area contributed by atoms with E-state index in [-0.39, 0.29) is 22.3 Å². The van der Waals surface area contributed by atoms with Crippen LogP contribution in [0.3, 0.4) is 0 Å². The molecule has 1 atom stereocenters. The van der Waals surface area contributed by atoms with Crippen LogP contribution in [-0.2, 0) is 4.79 Å². The van der Waals surface area contributed by atoms with Crippen molar-refractivity contribution in [2.75, 3.05) is 7.11 Å². The number of Topliss-reactive ketones (excluding diaryl/α,β-unsaturated/α-hetero) is 1. The van der Waals surface area contributed by atoms with Gasteiger partial charge in [-0.25, -0.2) is 4.79 Å². The number of hydrogen-bond acceptors (Lipinski definition) is 4. The third-order valence-electron chi connectivity index (χ3n) is 4.22. The molecule has 0 aromatic heterocycles. The second kappa shape index (κ2) is 7.77. The summed E-state index contributed by atoms with van der Waals surface area (Å²) in [5.41, 5.74) is 1.96. The number of rotatable bonds is 4. The Hall–Kier alpha value is -2.26. The van der Waals surface area contributed by atoms with E-state index in [1.807, 2.05) is 52.9 Å². The first-order valence-corrected chi connectivity index (χ1v) is 9.43. The fourth-order valence-corrected chi connectivity index (χ4v) is 3.82. The lowest BCUT2D eigenvalue weighted by Gasteiger charge is -2.30. The third-order valence-corrected chi connectivity index (χ3v) is 6.00. The predicted octanol–water partition coefficient (Wildman–Crippen LogP) is 4.01. The Morgan fingerprint density at radius 3 is 2.56 bits per heavy atom. The topological polar surface area (TPSA) is 87.7 Å². The van der Waals surface area contributed by atoms with E-state index >= 15 is 0 Å². The molecule has 0 radical (unpaired) electrons. The molecule has 2 aromatic carbocycles. The lowest BCUT2D eigenvalue weighted by Crippen LogP contribution is -2.44. The summed E-state index contributed by atoms with van der Waals surface area (Å²) in [5.74, 6) is -0.107. The largest absolute Gasteiger partial charge is 0.503 e. The number of aromatic hydroxyl groups is 1. The van der Waals surface area contributed by atoms with Crippen molar-refractivity contribution in [1.29, 1.82) is 0 Å². The van der Waals surface area contributed by atoms with Crippen LogP contribution < -0.4 is 15.4 Å². The molecule has 0 saturated carbocycles. The molecule has 140 valence electrons. The van der Waals surface area contributed by atoms with Crippen LogP contribution in [0.15, 0.2) is 42.0 Å². The maximum atomic E-state index is 12.5. The number of carbonyl (C=O) groups is 2. The molecule has 2 amide bonds. The van der Waals surface area contributed by atoms with Crippen LogP contribution in [0.25, 0.3) is 5.70 Å². The van der Waals surface area contributed by atoms with Gasteiger partial charge in [0.25, 0.3) is 0 Å². The second-order valence-electron chi connectivity index (χ2n) is 5.89. The van der Waals surface area contributed by atoms with Crippen LogP contribution in [0.4, 0.5) is 4.79 Å². The van der Waals surface area contributed by atoms with Gasteiger partial charge in [0.05, 0.1) is 27.4 Å². The Morgan fingerprint density at radius 2 is 1.96 bits per heavy atom. The van der Waals surface area contributed by atoms with E-state index in [2.05, 4.69) is 10.6 Å². The van der Waals surface area contributed by atoms with Crippen molar-refractivity contribution < 1.29 is 19.4 Å². The number of benzene rings is 2. The van der Waals surface area contributed by atoms with Gasteiger partial charge in [-0.05, 0) is 41.1 Å². The summed E-state index contributed by atoms with van der Waals surface area (Å²) in [6.45, 7) is 1.43. The van der Waals surface area contributed by atoms with Crippen molar-refractivity contribution >= 4 is 51.7 Å². The highest BCUT2D eigenvalue weighted by atomic mass is 127. The molecule has 6 nitrogen and oxygen atoms in total. The number of phenolic OH excluding ortho intramolecular Hbond substituents is 1. The van der Waals surface area contributed by atoms with Crippen LogP contribution in [0.5, 0.6) is 11.5 Å². The van der Waals surface area contributed by atoms with Gasteiger partial charge in [-0.15, -0.1) is 0 Å². The average Bonchev–Trinajstić information content (AvgIpc) is 2.66. The summed E-state index contributed by atoms with van der Waals surface area (Å²) in [6.07, 6.45) is 0. The fourth-order valence-electron chi connectivity index (χ4n) is 2.99. The molecule has 0 aliphatic carbocycles. The molecule has 0 saturated heterocycles.